The Morgan fingerprint density at radius 1 is 0.542 bits per heavy atom. The summed E-state index contributed by atoms with van der Waals surface area (Å²) in [5, 5.41) is 3.54. The number of hydrogen-bond donors (Lipinski definition) is 0. The minimum Gasteiger partial charge on any atom is -0.494 e. The van der Waals surface area contributed by atoms with E-state index < -0.39 is 0 Å². The van der Waals surface area contributed by atoms with Gasteiger partial charge >= 0.3 is 0 Å². The summed E-state index contributed by atoms with van der Waals surface area (Å²) in [4.78, 5) is 19.8. The number of fused-ring (bicyclic) bond motifs is 4. The van der Waals surface area contributed by atoms with Gasteiger partial charge in [-0.1, -0.05) is 54.6 Å². The van der Waals surface area contributed by atoms with Crippen molar-refractivity contribution in [3.8, 4) is 50.6 Å². The van der Waals surface area contributed by atoms with Crippen LogP contribution in [0.1, 0.15) is 20.8 Å². The molecule has 0 radical (unpaired) electrons. The van der Waals surface area contributed by atoms with Crippen molar-refractivity contribution in [2.75, 3.05) is 19.8 Å². The molecule has 6 heteroatoms. The summed E-state index contributed by atoms with van der Waals surface area (Å²) >= 11 is 0. The monoisotopic (exact) mass is 630 g/mol. The number of pyridine rings is 1. The third-order valence-corrected chi connectivity index (χ3v) is 8.93. The normalized spacial score (nSPS) is 11.6. The van der Waals surface area contributed by atoms with E-state index in [4.69, 9.17) is 19.2 Å². The predicted octanol–water partition coefficient (Wildman–Crippen LogP) is 9.79. The van der Waals surface area contributed by atoms with Gasteiger partial charge in [0.05, 0.1) is 30.9 Å². The lowest BCUT2D eigenvalue weighted by Crippen LogP contribution is -2.13. The van der Waals surface area contributed by atoms with Crippen molar-refractivity contribution in [3.63, 3.8) is 0 Å². The van der Waals surface area contributed by atoms with Gasteiger partial charge < -0.3 is 14.2 Å². The smallest absolute Gasteiger partial charge is 0.264 e. The van der Waals surface area contributed by atoms with E-state index in [0.29, 0.717) is 30.9 Å². The third-order valence-electron chi connectivity index (χ3n) is 8.93. The molecule has 0 saturated carbocycles. The maximum atomic E-state index is 14.5. The molecular weight excluding hydrogens is 596 g/mol. The Balaban J connectivity index is 1.40. The Labute approximate surface area is 278 Å². The SMILES string of the molecule is CCOc1ccc(-c2cc(-c3ccc(OCC)cc3)c3nc4c5ccc(-c6ccc(OCC)cc6)c6cccc(c(=O)n4c3c2)c65)cc1. The van der Waals surface area contributed by atoms with Crippen LogP contribution in [0.25, 0.3) is 71.6 Å². The zero-order chi connectivity index (χ0) is 32.8. The van der Waals surface area contributed by atoms with E-state index in [1.165, 1.54) is 0 Å². The van der Waals surface area contributed by atoms with Gasteiger partial charge in [0, 0.05) is 21.7 Å². The zero-order valence-electron chi connectivity index (χ0n) is 27.1. The summed E-state index contributed by atoms with van der Waals surface area (Å²) in [5.74, 6) is 2.46. The van der Waals surface area contributed by atoms with Crippen LogP contribution in [-0.4, -0.2) is 29.2 Å². The fraction of sp³-hybridized carbons (Fsp3) is 0.143. The van der Waals surface area contributed by atoms with Crippen molar-refractivity contribution in [3.05, 3.63) is 126 Å². The quantitative estimate of drug-likeness (QED) is 0.159. The molecule has 0 aliphatic carbocycles. The van der Waals surface area contributed by atoms with Crippen LogP contribution >= 0.6 is 0 Å². The first-order valence-electron chi connectivity index (χ1n) is 16.4. The number of aromatic nitrogens is 2. The number of nitrogens with zero attached hydrogens (tertiary/aromatic N) is 2. The van der Waals surface area contributed by atoms with Gasteiger partial charge in [0.1, 0.15) is 22.9 Å². The van der Waals surface area contributed by atoms with Crippen LogP contribution in [0.15, 0.2) is 120 Å². The van der Waals surface area contributed by atoms with E-state index in [1.54, 1.807) is 4.40 Å². The molecule has 0 aliphatic heterocycles. The molecule has 8 aromatic rings. The number of ether oxygens (including phenoxy) is 3. The van der Waals surface area contributed by atoms with Crippen molar-refractivity contribution in [1.82, 2.24) is 9.38 Å². The molecule has 2 aromatic heterocycles. The molecule has 0 spiro atoms. The van der Waals surface area contributed by atoms with E-state index in [1.807, 2.05) is 69.3 Å². The van der Waals surface area contributed by atoms with E-state index >= 15 is 0 Å². The Morgan fingerprint density at radius 2 is 1.08 bits per heavy atom. The molecule has 236 valence electrons. The lowest BCUT2D eigenvalue weighted by atomic mass is 9.94. The molecule has 0 atom stereocenters. The standard InChI is InChI=1S/C42H34N2O4/c1-4-46-30-16-10-26(11-17-30)29-24-37(28-14-20-32(21-15-28)48-6-3)40-38(25-29)44-41(43-40)35-23-22-33(27-12-18-31(19-13-27)47-5-2)34-8-7-9-36(39(34)35)42(44)45/h7-25H,4-6H2,1-3H3. The van der Waals surface area contributed by atoms with Crippen LogP contribution in [-0.2, 0) is 0 Å². The summed E-state index contributed by atoms with van der Waals surface area (Å²) in [7, 11) is 0. The molecule has 2 heterocycles. The molecule has 6 nitrogen and oxygen atoms in total. The molecule has 0 unspecified atom stereocenters. The highest BCUT2D eigenvalue weighted by Gasteiger charge is 2.21. The van der Waals surface area contributed by atoms with Crippen molar-refractivity contribution < 1.29 is 14.2 Å². The van der Waals surface area contributed by atoms with E-state index in [9.17, 15) is 4.79 Å². The average Bonchev–Trinajstić information content (AvgIpc) is 3.51. The van der Waals surface area contributed by atoms with Gasteiger partial charge in [-0.05, 0) is 115 Å². The molecule has 0 N–H and O–H groups in total. The minimum absolute atomic E-state index is 0.0871. The molecule has 0 aliphatic rings. The van der Waals surface area contributed by atoms with Crippen molar-refractivity contribution in [2.45, 2.75) is 20.8 Å². The van der Waals surface area contributed by atoms with Crippen molar-refractivity contribution >= 4 is 38.2 Å². The van der Waals surface area contributed by atoms with Gasteiger partial charge in [-0.3, -0.25) is 9.20 Å². The van der Waals surface area contributed by atoms with Gasteiger partial charge in [0.2, 0.25) is 0 Å². The highest BCUT2D eigenvalue weighted by Crippen LogP contribution is 2.39. The molecule has 0 fully saturated rings. The molecule has 48 heavy (non-hydrogen) atoms. The second kappa shape index (κ2) is 12.0. The largest absolute Gasteiger partial charge is 0.494 e. The topological polar surface area (TPSA) is 62.1 Å². The third kappa shape index (κ3) is 4.88. The van der Waals surface area contributed by atoms with Gasteiger partial charge in [-0.25, -0.2) is 4.98 Å². The van der Waals surface area contributed by atoms with Crippen LogP contribution in [0, 0.1) is 0 Å². The lowest BCUT2D eigenvalue weighted by molar-refractivity contribution is 0.340. The van der Waals surface area contributed by atoms with E-state index in [-0.39, 0.29) is 5.56 Å². The summed E-state index contributed by atoms with van der Waals surface area (Å²) in [5.41, 5.74) is 8.17. The molecule has 0 bridgehead atoms. The Kier molecular flexibility index (Phi) is 7.41. The first-order chi connectivity index (χ1) is 23.6. The van der Waals surface area contributed by atoms with Crippen molar-refractivity contribution in [2.24, 2.45) is 0 Å². The minimum atomic E-state index is -0.0871. The van der Waals surface area contributed by atoms with Gasteiger partial charge in [0.15, 0.2) is 0 Å². The fourth-order valence-electron chi connectivity index (χ4n) is 6.80. The van der Waals surface area contributed by atoms with Gasteiger partial charge in [0.25, 0.3) is 5.56 Å². The van der Waals surface area contributed by atoms with Crippen LogP contribution in [0.3, 0.4) is 0 Å². The Bertz CT molecular complexity index is 2480. The molecular formula is C42H34N2O4. The number of hydrogen-bond acceptors (Lipinski definition) is 5. The Morgan fingerprint density at radius 3 is 1.67 bits per heavy atom. The fourth-order valence-corrected chi connectivity index (χ4v) is 6.80. The molecule has 0 saturated heterocycles. The zero-order valence-corrected chi connectivity index (χ0v) is 27.1. The van der Waals surface area contributed by atoms with E-state index in [0.717, 1.165) is 77.8 Å². The molecule has 8 rings (SSSR count). The van der Waals surface area contributed by atoms with Gasteiger partial charge in [-0.15, -0.1) is 0 Å². The average molecular weight is 631 g/mol. The van der Waals surface area contributed by atoms with Crippen LogP contribution in [0.2, 0.25) is 0 Å². The number of imidazole rings is 1. The summed E-state index contributed by atoms with van der Waals surface area (Å²) < 4.78 is 18.9. The second-order valence-corrected chi connectivity index (χ2v) is 11.7. The lowest BCUT2D eigenvalue weighted by Gasteiger charge is -2.13. The maximum Gasteiger partial charge on any atom is 0.264 e. The summed E-state index contributed by atoms with van der Waals surface area (Å²) in [6, 6.07) is 38.7. The Hall–Kier alpha value is -5.88. The van der Waals surface area contributed by atoms with Crippen LogP contribution in [0.4, 0.5) is 0 Å². The predicted molar refractivity (Wildman–Crippen MR) is 195 cm³/mol. The van der Waals surface area contributed by atoms with Gasteiger partial charge in [-0.2, -0.15) is 0 Å². The summed E-state index contributed by atoms with van der Waals surface area (Å²) in [6.45, 7) is 7.75. The highest BCUT2D eigenvalue weighted by molar-refractivity contribution is 6.19. The van der Waals surface area contributed by atoms with Crippen LogP contribution in [0.5, 0.6) is 17.2 Å². The highest BCUT2D eigenvalue weighted by atomic mass is 16.5. The van der Waals surface area contributed by atoms with E-state index in [2.05, 4.69) is 66.7 Å². The van der Waals surface area contributed by atoms with Crippen molar-refractivity contribution in [1.29, 1.82) is 0 Å². The number of benzene rings is 6. The maximum absolute atomic E-state index is 14.5. The number of rotatable bonds is 9. The van der Waals surface area contributed by atoms with Crippen LogP contribution < -0.4 is 19.8 Å². The summed E-state index contributed by atoms with van der Waals surface area (Å²) in [6.07, 6.45) is 0. The first-order valence-corrected chi connectivity index (χ1v) is 16.4. The molecule has 0 amide bonds. The molecule has 6 aromatic carbocycles. The second-order valence-electron chi connectivity index (χ2n) is 11.7. The first kappa shape index (κ1) is 29.5.